The van der Waals surface area contributed by atoms with Crippen molar-refractivity contribution in [1.82, 2.24) is 0 Å². The van der Waals surface area contributed by atoms with Crippen molar-refractivity contribution in [3.05, 3.63) is 0 Å². The van der Waals surface area contributed by atoms with Gasteiger partial charge in [0.25, 0.3) is 5.41 Å². The third-order valence-electron chi connectivity index (χ3n) is 14.0. The fraction of sp³-hybridized carbons (Fsp3) is 0.914. The average Bonchev–Trinajstić information content (AvgIpc) is 2.99. The maximum Gasteiger partial charge on any atom is 0.433 e. The normalized spacial score (nSPS) is 28.2. The van der Waals surface area contributed by atoms with E-state index in [1.54, 1.807) is 6.92 Å². The van der Waals surface area contributed by atoms with Crippen molar-refractivity contribution in [3.63, 3.8) is 0 Å². The lowest BCUT2D eigenvalue weighted by molar-refractivity contribution is -0.378. The van der Waals surface area contributed by atoms with Crippen molar-refractivity contribution in [1.29, 1.82) is 0 Å². The smallest absolute Gasteiger partial charge is 0.433 e. The second-order valence-electron chi connectivity index (χ2n) is 17.3. The summed E-state index contributed by atoms with van der Waals surface area (Å²) in [5.74, 6) is -4.98. The molecule has 3 fully saturated rings. The first-order valence-corrected chi connectivity index (χ1v) is 17.4. The minimum Gasteiger partial charge on any atom is -0.465 e. The average molecular weight is 809 g/mol. The molecule has 1 N–H and O–H groups in total. The molecular weight excluding hydrogens is 760 g/mol. The maximum atomic E-state index is 14.2. The van der Waals surface area contributed by atoms with Crippen LogP contribution in [0.3, 0.4) is 0 Å². The van der Waals surface area contributed by atoms with E-state index in [4.69, 9.17) is 9.47 Å². The van der Waals surface area contributed by atoms with Gasteiger partial charge in [0.2, 0.25) is 5.78 Å². The number of hydrogen-bond donors (Lipinski definition) is 1. The van der Waals surface area contributed by atoms with Gasteiger partial charge < -0.3 is 19.3 Å². The fourth-order valence-corrected chi connectivity index (χ4v) is 9.32. The minimum atomic E-state index is -6.57. The van der Waals surface area contributed by atoms with Gasteiger partial charge in [0.15, 0.2) is 0 Å². The van der Waals surface area contributed by atoms with Crippen molar-refractivity contribution in [3.8, 4) is 0 Å². The van der Waals surface area contributed by atoms with Crippen LogP contribution in [-0.4, -0.2) is 79.6 Å². The van der Waals surface area contributed by atoms with Gasteiger partial charge in [-0.15, -0.1) is 0 Å². The molecule has 7 atom stereocenters. The first kappa shape index (κ1) is 46.1. The van der Waals surface area contributed by atoms with Crippen LogP contribution < -0.4 is 0 Å². The van der Waals surface area contributed by atoms with Gasteiger partial charge in [-0.05, 0) is 79.4 Å². The van der Waals surface area contributed by atoms with Crippen molar-refractivity contribution in [2.75, 3.05) is 26.4 Å². The molecule has 7 nitrogen and oxygen atoms in total. The molecule has 0 bridgehead atoms. The lowest BCUT2D eigenvalue weighted by atomic mass is 9.19. The lowest BCUT2D eigenvalue weighted by Crippen LogP contribution is -2.82. The SMILES string of the molecule is CCC(CCOC(=O)C(C)(C(C)(C)C)C1(C)C2C3CCC3C2C1(C)C)(COCC(=O)C(O)(C(F)(F)F)C(F)(F)F)COC(=O)C(C)(C(F)(F)F)C(F)(F)F. The van der Waals surface area contributed by atoms with Crippen molar-refractivity contribution in [2.24, 2.45) is 56.2 Å². The molecule has 0 aliphatic heterocycles. The van der Waals surface area contributed by atoms with Gasteiger partial charge in [0, 0.05) is 5.41 Å². The van der Waals surface area contributed by atoms with Gasteiger partial charge in [-0.3, -0.25) is 14.4 Å². The summed E-state index contributed by atoms with van der Waals surface area (Å²) in [4.78, 5) is 38.8. The number of hydrogen-bond acceptors (Lipinski definition) is 7. The summed E-state index contributed by atoms with van der Waals surface area (Å²) in [6.45, 7) is 8.79. The number of ether oxygens (including phenoxy) is 3. The van der Waals surface area contributed by atoms with Crippen LogP contribution in [0.25, 0.3) is 0 Å². The molecule has 7 unspecified atom stereocenters. The number of carbonyl (C=O) groups is 3. The molecule has 0 spiro atoms. The molecule has 0 heterocycles. The zero-order valence-corrected chi connectivity index (χ0v) is 31.4. The van der Waals surface area contributed by atoms with Crippen molar-refractivity contribution >= 4 is 17.7 Å². The maximum absolute atomic E-state index is 14.2. The van der Waals surface area contributed by atoms with E-state index in [0.717, 1.165) is 12.8 Å². The quantitative estimate of drug-likeness (QED) is 0.138. The second-order valence-corrected chi connectivity index (χ2v) is 17.3. The molecule has 0 saturated heterocycles. The summed E-state index contributed by atoms with van der Waals surface area (Å²) in [6.07, 6.45) is -24.6. The summed E-state index contributed by atoms with van der Waals surface area (Å²) >= 11 is 0. The summed E-state index contributed by atoms with van der Waals surface area (Å²) in [5.41, 5.74) is -15.9. The van der Waals surface area contributed by atoms with E-state index in [1.807, 2.05) is 27.7 Å². The van der Waals surface area contributed by atoms with Crippen molar-refractivity contribution in [2.45, 2.75) is 118 Å². The van der Waals surface area contributed by atoms with Crippen LogP contribution in [0.15, 0.2) is 0 Å². The first-order valence-electron chi connectivity index (χ1n) is 17.4. The number of rotatable bonds is 14. The third kappa shape index (κ3) is 6.49. The third-order valence-corrected chi connectivity index (χ3v) is 14.0. The van der Waals surface area contributed by atoms with E-state index in [-0.39, 0.29) is 11.3 Å². The fourth-order valence-electron chi connectivity index (χ4n) is 9.32. The van der Waals surface area contributed by atoms with E-state index < -0.39 is 121 Å². The molecule has 19 heteroatoms. The molecule has 54 heavy (non-hydrogen) atoms. The van der Waals surface area contributed by atoms with Gasteiger partial charge in [-0.1, -0.05) is 48.5 Å². The number of halogens is 12. The standard InChI is InChI=1S/C35H48F12O7/c1-10-30(17-54-24(50)29(9,32(36,37)38)33(39,40)41,16-52-15-20(48)31(51,34(42,43)44)35(45,46)47)13-14-53-23(49)28(8,25(2,3)4)27(7)22-19-12-11-18(19)21(22)26(27,5)6/h18-19,21-22,51H,10-17H2,1-9H3. The highest BCUT2D eigenvalue weighted by Crippen LogP contribution is 2.86. The molecule has 0 aromatic rings. The monoisotopic (exact) mass is 808 g/mol. The second kappa shape index (κ2) is 13.7. The van der Waals surface area contributed by atoms with Crippen LogP contribution in [0.5, 0.6) is 0 Å². The Morgan fingerprint density at radius 1 is 0.685 bits per heavy atom. The molecule has 0 aromatic carbocycles. The molecule has 3 rings (SSSR count). The molecule has 3 aliphatic rings. The summed E-state index contributed by atoms with van der Waals surface area (Å²) in [5, 5.41) is 9.38. The number of alkyl halides is 12. The van der Waals surface area contributed by atoms with Crippen LogP contribution in [0.4, 0.5) is 52.7 Å². The number of esters is 2. The van der Waals surface area contributed by atoms with Crippen LogP contribution in [0.2, 0.25) is 0 Å². The molecule has 0 aromatic heterocycles. The molecule has 314 valence electrons. The highest BCUT2D eigenvalue weighted by Gasteiger charge is 2.83. The molecule has 0 amide bonds. The Hall–Kier alpha value is -2.31. The summed E-state index contributed by atoms with van der Waals surface area (Å²) in [7, 11) is 0. The Balaban J connectivity index is 1.92. The van der Waals surface area contributed by atoms with Crippen LogP contribution in [0.1, 0.15) is 88.0 Å². The van der Waals surface area contributed by atoms with E-state index in [9.17, 15) is 72.2 Å². The Morgan fingerprint density at radius 2 is 1.15 bits per heavy atom. The lowest BCUT2D eigenvalue weighted by Gasteiger charge is -2.85. The van der Waals surface area contributed by atoms with Gasteiger partial charge in [0.1, 0.15) is 6.61 Å². The predicted molar refractivity (Wildman–Crippen MR) is 165 cm³/mol. The Bertz CT molecular complexity index is 1420. The predicted octanol–water partition coefficient (Wildman–Crippen LogP) is 8.80. The van der Waals surface area contributed by atoms with Gasteiger partial charge in [0.05, 0.1) is 25.2 Å². The zero-order chi connectivity index (χ0) is 42.3. The zero-order valence-electron chi connectivity index (χ0n) is 31.4. The summed E-state index contributed by atoms with van der Waals surface area (Å²) < 4.78 is 176. The largest absolute Gasteiger partial charge is 0.465 e. The Morgan fingerprint density at radius 3 is 1.54 bits per heavy atom. The van der Waals surface area contributed by atoms with E-state index in [0.29, 0.717) is 17.8 Å². The topological polar surface area (TPSA) is 99.1 Å². The van der Waals surface area contributed by atoms with E-state index >= 15 is 0 Å². The number of aliphatic hydroxyl groups is 1. The van der Waals surface area contributed by atoms with E-state index in [1.165, 1.54) is 6.92 Å². The number of fused-ring (bicyclic) bond motifs is 4. The number of carbonyl (C=O) groups excluding carboxylic acids is 3. The number of Topliss-reactive ketones (excluding diaryl/α,β-unsaturated/α-hetero) is 1. The molecule has 3 saturated carbocycles. The number of ketones is 1. The highest BCUT2D eigenvalue weighted by molar-refractivity contribution is 5.90. The van der Waals surface area contributed by atoms with Crippen molar-refractivity contribution < 1.29 is 86.4 Å². The first-order chi connectivity index (χ1) is 23.9. The highest BCUT2D eigenvalue weighted by atomic mass is 19.4. The van der Waals surface area contributed by atoms with E-state index in [2.05, 4.69) is 18.6 Å². The Kier molecular flexibility index (Phi) is 11.7. The van der Waals surface area contributed by atoms with Crippen LogP contribution in [0, 0.1) is 56.2 Å². The summed E-state index contributed by atoms with van der Waals surface area (Å²) in [6, 6.07) is 0. The van der Waals surface area contributed by atoms with Gasteiger partial charge in [-0.2, -0.15) is 52.7 Å². The van der Waals surface area contributed by atoms with Crippen LogP contribution in [-0.2, 0) is 28.6 Å². The molecule has 0 radical (unpaired) electrons. The van der Waals surface area contributed by atoms with Gasteiger partial charge in [-0.25, -0.2) is 0 Å². The molecule has 3 aliphatic carbocycles. The Labute approximate surface area is 305 Å². The van der Waals surface area contributed by atoms with Crippen LogP contribution >= 0.6 is 0 Å². The minimum absolute atomic E-state index is 0.187. The molecular formula is C35H48F12O7. The van der Waals surface area contributed by atoms with Gasteiger partial charge >= 0.3 is 42.2 Å².